The predicted octanol–water partition coefficient (Wildman–Crippen LogP) is 3.34. The maximum atomic E-state index is 13.8. The molecule has 1 aliphatic rings. The highest BCUT2D eigenvalue weighted by Gasteiger charge is 2.36. The predicted molar refractivity (Wildman–Crippen MR) is 95.5 cm³/mol. The topological polar surface area (TPSA) is 36.4 Å². The molecule has 26 heavy (non-hydrogen) atoms. The molecule has 2 aromatic rings. The molecule has 1 fully saturated rings. The van der Waals surface area contributed by atoms with E-state index in [-0.39, 0.29) is 11.6 Å². The summed E-state index contributed by atoms with van der Waals surface area (Å²) in [6, 6.07) is 7.16. The van der Waals surface area contributed by atoms with Crippen LogP contribution in [0, 0.1) is 17.6 Å². The lowest BCUT2D eigenvalue weighted by Crippen LogP contribution is -2.61. The summed E-state index contributed by atoms with van der Waals surface area (Å²) in [6.45, 7) is 7.04. The van der Waals surface area contributed by atoms with Gasteiger partial charge in [0.2, 0.25) is 0 Å². The molecule has 138 valence electrons. The molecule has 1 aromatic carbocycles. The van der Waals surface area contributed by atoms with Crippen LogP contribution in [0.25, 0.3) is 0 Å². The fraction of sp³-hybridized carbons (Fsp3) is 0.400. The highest BCUT2D eigenvalue weighted by molar-refractivity contribution is 5.95. The first-order valence-corrected chi connectivity index (χ1v) is 8.81. The second kappa shape index (κ2) is 7.91. The van der Waals surface area contributed by atoms with E-state index in [0.717, 1.165) is 31.3 Å². The van der Waals surface area contributed by atoms with E-state index in [1.807, 2.05) is 12.1 Å². The van der Waals surface area contributed by atoms with Crippen LogP contribution in [-0.4, -0.2) is 46.4 Å². The van der Waals surface area contributed by atoms with Gasteiger partial charge in [-0.3, -0.25) is 14.7 Å². The van der Waals surface area contributed by atoms with Gasteiger partial charge in [-0.05, 0) is 41.8 Å². The molecule has 6 heteroatoms. The van der Waals surface area contributed by atoms with Gasteiger partial charge < -0.3 is 4.90 Å². The molecule has 3 rings (SSSR count). The number of nitrogens with zero attached hydrogens (tertiary/aromatic N) is 3. The van der Waals surface area contributed by atoms with Crippen LogP contribution in [0.5, 0.6) is 0 Å². The van der Waals surface area contributed by atoms with Gasteiger partial charge in [0.05, 0.1) is 5.56 Å². The molecule has 1 amide bonds. The van der Waals surface area contributed by atoms with Crippen molar-refractivity contribution in [1.29, 1.82) is 0 Å². The lowest BCUT2D eigenvalue weighted by molar-refractivity contribution is 0.0194. The normalized spacial score (nSPS) is 14.8. The molecule has 0 atom stereocenters. The van der Waals surface area contributed by atoms with Crippen molar-refractivity contribution in [2.45, 2.75) is 26.4 Å². The summed E-state index contributed by atoms with van der Waals surface area (Å²) >= 11 is 0. The zero-order valence-corrected chi connectivity index (χ0v) is 15.0. The number of carbonyl (C=O) groups is 1. The van der Waals surface area contributed by atoms with Gasteiger partial charge in [-0.1, -0.05) is 13.8 Å². The Labute approximate surface area is 152 Å². The average molecular weight is 359 g/mol. The third kappa shape index (κ3) is 4.25. The van der Waals surface area contributed by atoms with Crippen molar-refractivity contribution in [3.63, 3.8) is 0 Å². The monoisotopic (exact) mass is 359 g/mol. The first-order chi connectivity index (χ1) is 12.4. The molecule has 1 aromatic heterocycles. The van der Waals surface area contributed by atoms with E-state index in [1.165, 1.54) is 5.56 Å². The van der Waals surface area contributed by atoms with Gasteiger partial charge in [0.15, 0.2) is 0 Å². The number of pyridine rings is 1. The molecule has 0 N–H and O–H groups in total. The van der Waals surface area contributed by atoms with E-state index in [4.69, 9.17) is 0 Å². The Morgan fingerprint density at radius 2 is 1.92 bits per heavy atom. The number of carbonyl (C=O) groups excluding carboxylic acids is 1. The molecule has 0 aliphatic carbocycles. The lowest BCUT2D eigenvalue weighted by atomic mass is 10.0. The highest BCUT2D eigenvalue weighted by Crippen LogP contribution is 2.22. The van der Waals surface area contributed by atoms with Crippen LogP contribution in [0.2, 0.25) is 0 Å². The summed E-state index contributed by atoms with van der Waals surface area (Å²) in [4.78, 5) is 20.4. The molecular weight excluding hydrogens is 336 g/mol. The number of benzene rings is 1. The summed E-state index contributed by atoms with van der Waals surface area (Å²) < 4.78 is 27.2. The molecule has 0 saturated carbocycles. The van der Waals surface area contributed by atoms with Crippen LogP contribution in [0.1, 0.15) is 29.8 Å². The minimum absolute atomic E-state index is 0.201. The molecule has 0 unspecified atom stereocenters. The quantitative estimate of drug-likeness (QED) is 0.794. The Morgan fingerprint density at radius 1 is 1.23 bits per heavy atom. The molecule has 0 radical (unpaired) electrons. The van der Waals surface area contributed by atoms with Crippen molar-refractivity contribution in [1.82, 2.24) is 14.8 Å². The van der Waals surface area contributed by atoms with Crippen LogP contribution < -0.4 is 0 Å². The standard InChI is InChI=1S/C20H23F2N3O/c1-14(2)10-24(11-15-5-7-23-8-6-15)17-12-25(13-17)20(26)18-9-16(21)3-4-19(18)22/h3-9,14,17H,10-13H2,1-2H3. The maximum absolute atomic E-state index is 13.8. The third-order valence-corrected chi connectivity index (χ3v) is 4.56. The minimum atomic E-state index is -0.685. The number of hydrogen-bond acceptors (Lipinski definition) is 3. The van der Waals surface area contributed by atoms with Crippen LogP contribution in [0.4, 0.5) is 8.78 Å². The number of hydrogen-bond donors (Lipinski definition) is 0. The van der Waals surface area contributed by atoms with Gasteiger partial charge in [-0.15, -0.1) is 0 Å². The highest BCUT2D eigenvalue weighted by atomic mass is 19.1. The summed E-state index contributed by atoms with van der Waals surface area (Å²) in [5.74, 6) is -1.25. The number of amides is 1. The fourth-order valence-corrected chi connectivity index (χ4v) is 3.22. The van der Waals surface area contributed by atoms with E-state index in [0.29, 0.717) is 19.0 Å². The average Bonchev–Trinajstić information content (AvgIpc) is 2.56. The van der Waals surface area contributed by atoms with E-state index in [1.54, 1.807) is 17.3 Å². The van der Waals surface area contributed by atoms with Crippen molar-refractivity contribution < 1.29 is 13.6 Å². The first-order valence-electron chi connectivity index (χ1n) is 8.81. The first kappa shape index (κ1) is 18.5. The number of halogens is 2. The smallest absolute Gasteiger partial charge is 0.257 e. The van der Waals surface area contributed by atoms with Crippen LogP contribution in [-0.2, 0) is 6.54 Å². The van der Waals surface area contributed by atoms with Crippen LogP contribution in [0.3, 0.4) is 0 Å². The van der Waals surface area contributed by atoms with Crippen LogP contribution >= 0.6 is 0 Å². The fourth-order valence-electron chi connectivity index (χ4n) is 3.22. The summed E-state index contributed by atoms with van der Waals surface area (Å²) in [5.41, 5.74) is 0.967. The van der Waals surface area contributed by atoms with Gasteiger partial charge in [-0.2, -0.15) is 0 Å². The van der Waals surface area contributed by atoms with Crippen molar-refractivity contribution in [3.8, 4) is 0 Å². The molecule has 2 heterocycles. The van der Waals surface area contributed by atoms with Crippen molar-refractivity contribution in [3.05, 3.63) is 65.5 Å². The van der Waals surface area contributed by atoms with E-state index >= 15 is 0 Å². The summed E-state index contributed by atoms with van der Waals surface area (Å²) in [6.07, 6.45) is 3.54. The zero-order valence-electron chi connectivity index (χ0n) is 15.0. The Kier molecular flexibility index (Phi) is 5.61. The van der Waals surface area contributed by atoms with Gasteiger partial charge in [-0.25, -0.2) is 8.78 Å². The molecule has 1 saturated heterocycles. The van der Waals surface area contributed by atoms with E-state index < -0.39 is 17.5 Å². The van der Waals surface area contributed by atoms with Gasteiger partial charge in [0.1, 0.15) is 11.6 Å². The van der Waals surface area contributed by atoms with Gasteiger partial charge in [0, 0.05) is 44.6 Å². The Hall–Kier alpha value is -2.34. The number of aromatic nitrogens is 1. The SMILES string of the molecule is CC(C)CN(Cc1ccncc1)C1CN(C(=O)c2cc(F)ccc2F)C1. The molecule has 4 nitrogen and oxygen atoms in total. The second-order valence-corrected chi connectivity index (χ2v) is 7.17. The minimum Gasteiger partial charge on any atom is -0.335 e. The number of likely N-dealkylation sites (tertiary alicyclic amines) is 1. The molecule has 0 bridgehead atoms. The summed E-state index contributed by atoms with van der Waals surface area (Å²) in [5, 5.41) is 0. The molecular formula is C20H23F2N3O. The maximum Gasteiger partial charge on any atom is 0.257 e. The van der Waals surface area contributed by atoms with Crippen molar-refractivity contribution in [2.24, 2.45) is 5.92 Å². The molecule has 1 aliphatic heterocycles. The lowest BCUT2D eigenvalue weighted by Gasteiger charge is -2.46. The molecule has 0 spiro atoms. The Bertz CT molecular complexity index is 761. The Balaban J connectivity index is 1.65. The zero-order chi connectivity index (χ0) is 18.7. The van der Waals surface area contributed by atoms with E-state index in [9.17, 15) is 13.6 Å². The second-order valence-electron chi connectivity index (χ2n) is 7.17. The largest absolute Gasteiger partial charge is 0.335 e. The summed E-state index contributed by atoms with van der Waals surface area (Å²) in [7, 11) is 0. The van der Waals surface area contributed by atoms with Gasteiger partial charge in [0.25, 0.3) is 5.91 Å². The van der Waals surface area contributed by atoms with Crippen molar-refractivity contribution >= 4 is 5.91 Å². The van der Waals surface area contributed by atoms with E-state index in [2.05, 4.69) is 23.7 Å². The van der Waals surface area contributed by atoms with Gasteiger partial charge >= 0.3 is 0 Å². The van der Waals surface area contributed by atoms with Crippen molar-refractivity contribution in [2.75, 3.05) is 19.6 Å². The number of rotatable bonds is 6. The third-order valence-electron chi connectivity index (χ3n) is 4.56. The van der Waals surface area contributed by atoms with Crippen LogP contribution in [0.15, 0.2) is 42.7 Å². The Morgan fingerprint density at radius 3 is 2.58 bits per heavy atom.